The van der Waals surface area contributed by atoms with Crippen LogP contribution in [0.5, 0.6) is 11.5 Å². The van der Waals surface area contributed by atoms with Crippen LogP contribution in [0.25, 0.3) is 11.0 Å². The van der Waals surface area contributed by atoms with Gasteiger partial charge in [-0.25, -0.2) is 9.97 Å². The molecular formula is C29H28ClN5O4. The summed E-state index contributed by atoms with van der Waals surface area (Å²) >= 11 is 6.55. The number of amides is 1. The van der Waals surface area contributed by atoms with Crippen molar-refractivity contribution in [3.8, 4) is 11.5 Å². The highest BCUT2D eigenvalue weighted by molar-refractivity contribution is 6.35. The predicted octanol–water partition coefficient (Wildman–Crippen LogP) is 5.21. The van der Waals surface area contributed by atoms with Crippen molar-refractivity contribution in [3.63, 3.8) is 0 Å². The molecule has 0 spiro atoms. The van der Waals surface area contributed by atoms with Crippen molar-refractivity contribution in [2.75, 3.05) is 18.4 Å². The van der Waals surface area contributed by atoms with E-state index in [-0.39, 0.29) is 35.0 Å². The average Bonchev–Trinajstić information content (AvgIpc) is 3.59. The van der Waals surface area contributed by atoms with Crippen molar-refractivity contribution in [1.29, 1.82) is 0 Å². The molecule has 2 aliphatic heterocycles. The number of nitrogens with zero attached hydrogens (tertiary/aromatic N) is 3. The van der Waals surface area contributed by atoms with Crippen molar-refractivity contribution in [2.24, 2.45) is 0 Å². The van der Waals surface area contributed by atoms with Crippen molar-refractivity contribution in [3.05, 3.63) is 77.2 Å². The van der Waals surface area contributed by atoms with Crippen LogP contribution in [0.15, 0.2) is 61.1 Å². The van der Waals surface area contributed by atoms with Crippen LogP contribution in [-0.2, 0) is 9.53 Å². The van der Waals surface area contributed by atoms with Gasteiger partial charge in [-0.2, -0.15) is 0 Å². The van der Waals surface area contributed by atoms with Gasteiger partial charge in [0.15, 0.2) is 11.9 Å². The predicted molar refractivity (Wildman–Crippen MR) is 147 cm³/mol. The maximum absolute atomic E-state index is 13.7. The van der Waals surface area contributed by atoms with Gasteiger partial charge in [-0.15, -0.1) is 0 Å². The number of fused-ring (bicyclic) bond motifs is 1. The molecule has 0 radical (unpaired) electrons. The number of halogens is 1. The number of aromatic nitrogens is 3. The zero-order chi connectivity index (χ0) is 26.9. The number of carbonyl (C=O) groups excluding carboxylic acids is 2. The second-order valence-electron chi connectivity index (χ2n) is 9.92. The summed E-state index contributed by atoms with van der Waals surface area (Å²) in [5.41, 5.74) is 1.30. The van der Waals surface area contributed by atoms with Crippen LogP contribution in [0.4, 0.5) is 5.82 Å². The van der Waals surface area contributed by atoms with Gasteiger partial charge in [0, 0.05) is 37.0 Å². The van der Waals surface area contributed by atoms with Crippen LogP contribution in [0.3, 0.4) is 0 Å². The topological polar surface area (TPSA) is 113 Å². The van der Waals surface area contributed by atoms with Gasteiger partial charge in [-0.1, -0.05) is 29.8 Å². The number of ether oxygens (including phenoxy) is 2. The van der Waals surface area contributed by atoms with E-state index in [9.17, 15) is 9.59 Å². The number of epoxide rings is 1. The minimum Gasteiger partial charge on any atom is -0.457 e. The first-order valence-corrected chi connectivity index (χ1v) is 13.5. The van der Waals surface area contributed by atoms with Gasteiger partial charge in [0.05, 0.1) is 22.1 Å². The second-order valence-corrected chi connectivity index (χ2v) is 10.3. The summed E-state index contributed by atoms with van der Waals surface area (Å²) in [5.74, 6) is 1.53. The van der Waals surface area contributed by atoms with Gasteiger partial charge < -0.3 is 24.7 Å². The zero-order valence-electron chi connectivity index (χ0n) is 21.4. The van der Waals surface area contributed by atoms with Gasteiger partial charge in [0.25, 0.3) is 5.91 Å². The molecule has 0 aliphatic carbocycles. The fourth-order valence-electron chi connectivity index (χ4n) is 5.04. The molecule has 2 fully saturated rings. The molecule has 39 heavy (non-hydrogen) atoms. The minimum atomic E-state index is -0.336. The summed E-state index contributed by atoms with van der Waals surface area (Å²) in [4.78, 5) is 40.3. The van der Waals surface area contributed by atoms with E-state index >= 15 is 0 Å². The maximum Gasteiger partial charge on any atom is 0.254 e. The van der Waals surface area contributed by atoms with E-state index in [1.54, 1.807) is 24.4 Å². The molecule has 4 heterocycles. The van der Waals surface area contributed by atoms with E-state index in [1.807, 2.05) is 42.2 Å². The smallest absolute Gasteiger partial charge is 0.254 e. The van der Waals surface area contributed by atoms with Gasteiger partial charge in [0.2, 0.25) is 0 Å². The minimum absolute atomic E-state index is 0.0205. The van der Waals surface area contributed by atoms with Crippen molar-refractivity contribution < 1.29 is 19.1 Å². The van der Waals surface area contributed by atoms with E-state index in [4.69, 9.17) is 21.1 Å². The molecule has 200 valence electrons. The molecule has 2 saturated heterocycles. The number of aromatic amines is 1. The Morgan fingerprint density at radius 1 is 1.10 bits per heavy atom. The third-order valence-corrected chi connectivity index (χ3v) is 7.47. The van der Waals surface area contributed by atoms with Gasteiger partial charge >= 0.3 is 0 Å². The molecule has 6 rings (SSSR count). The largest absolute Gasteiger partial charge is 0.457 e. The van der Waals surface area contributed by atoms with E-state index in [0.717, 1.165) is 19.3 Å². The normalized spacial score (nSPS) is 20.9. The number of nitrogens with one attached hydrogen (secondary N) is 2. The summed E-state index contributed by atoms with van der Waals surface area (Å²) in [5, 5.41) is 4.36. The van der Waals surface area contributed by atoms with Crippen molar-refractivity contribution in [2.45, 2.75) is 44.4 Å². The Morgan fingerprint density at radius 2 is 1.92 bits per heavy atom. The van der Waals surface area contributed by atoms with Crippen molar-refractivity contribution in [1.82, 2.24) is 19.9 Å². The molecule has 3 unspecified atom stereocenters. The van der Waals surface area contributed by atoms with Crippen LogP contribution >= 0.6 is 11.6 Å². The lowest BCUT2D eigenvalue weighted by Crippen LogP contribution is -2.41. The number of anilines is 1. The van der Waals surface area contributed by atoms with Crippen LogP contribution in [0, 0.1) is 0 Å². The maximum atomic E-state index is 13.7. The number of carbonyl (C=O) groups is 2. The van der Waals surface area contributed by atoms with Crippen LogP contribution in [0.1, 0.15) is 42.1 Å². The Bertz CT molecular complexity index is 1520. The van der Waals surface area contributed by atoms with E-state index in [1.165, 1.54) is 6.33 Å². The Kier molecular flexibility index (Phi) is 6.93. The highest BCUT2D eigenvalue weighted by Gasteiger charge is 2.44. The summed E-state index contributed by atoms with van der Waals surface area (Å²) in [7, 11) is 0. The monoisotopic (exact) mass is 545 g/mol. The molecule has 1 amide bonds. The van der Waals surface area contributed by atoms with Crippen molar-refractivity contribution >= 4 is 40.1 Å². The third-order valence-electron chi connectivity index (χ3n) is 7.16. The SMILES string of the molecule is CC1OC1C(=O)N1CCCCC(Nc2ncnc3[nH]cc(C(=O)c4ccc(Oc5ccccc5)cc4Cl)c23)C1. The Labute approximate surface area is 230 Å². The van der Waals surface area contributed by atoms with Crippen LogP contribution in [0.2, 0.25) is 5.02 Å². The second kappa shape index (κ2) is 10.7. The summed E-state index contributed by atoms with van der Waals surface area (Å²) in [6.07, 6.45) is 5.51. The Morgan fingerprint density at radius 3 is 2.69 bits per heavy atom. The number of hydrogen-bond donors (Lipinski definition) is 2. The first-order valence-electron chi connectivity index (χ1n) is 13.1. The Hall–Kier alpha value is -3.95. The zero-order valence-corrected chi connectivity index (χ0v) is 22.1. The highest BCUT2D eigenvalue weighted by atomic mass is 35.5. The number of rotatable bonds is 7. The number of H-pyrrole nitrogens is 1. The van der Waals surface area contributed by atoms with Gasteiger partial charge in [0.1, 0.15) is 29.3 Å². The standard InChI is InChI=1S/C29H28ClN5O4/c1-17-26(38-17)29(37)35-12-6-5-7-18(15-35)34-28-24-22(14-31-27(24)32-16-33-28)25(36)21-11-10-20(13-23(21)30)39-19-8-3-2-4-9-19/h2-4,8-11,13-14,16-18,26H,5-7,12,15H2,1H3,(H2,31,32,33,34). The third kappa shape index (κ3) is 5.32. The Balaban J connectivity index is 1.24. The molecule has 2 aliphatic rings. The molecule has 2 N–H and O–H groups in total. The number of hydrogen-bond acceptors (Lipinski definition) is 7. The van der Waals surface area contributed by atoms with E-state index in [0.29, 0.717) is 52.6 Å². The summed E-state index contributed by atoms with van der Waals surface area (Å²) < 4.78 is 11.3. The average molecular weight is 546 g/mol. The van der Waals surface area contributed by atoms with Gasteiger partial charge in [-0.05, 0) is 50.5 Å². The quantitative estimate of drug-likeness (QED) is 0.242. The van der Waals surface area contributed by atoms with Crippen LogP contribution < -0.4 is 10.1 Å². The molecule has 4 aromatic rings. The number of para-hydroxylation sites is 1. The number of benzene rings is 2. The molecule has 3 atom stereocenters. The lowest BCUT2D eigenvalue weighted by atomic mass is 10.0. The fourth-order valence-corrected chi connectivity index (χ4v) is 5.30. The van der Waals surface area contributed by atoms with E-state index in [2.05, 4.69) is 20.3 Å². The molecule has 10 heteroatoms. The summed E-state index contributed by atoms with van der Waals surface area (Å²) in [6, 6.07) is 14.3. The first-order chi connectivity index (χ1) is 19.0. The van der Waals surface area contributed by atoms with Crippen LogP contribution in [-0.4, -0.2) is 62.9 Å². The number of ketones is 1. The molecule has 9 nitrogen and oxygen atoms in total. The molecular weight excluding hydrogens is 518 g/mol. The fraction of sp³-hybridized carbons (Fsp3) is 0.310. The molecule has 2 aromatic carbocycles. The molecule has 0 bridgehead atoms. The lowest BCUT2D eigenvalue weighted by Gasteiger charge is -2.25. The molecule has 0 saturated carbocycles. The lowest BCUT2D eigenvalue weighted by molar-refractivity contribution is -0.132. The molecule has 2 aromatic heterocycles. The highest BCUT2D eigenvalue weighted by Crippen LogP contribution is 2.32. The summed E-state index contributed by atoms with van der Waals surface area (Å²) in [6.45, 7) is 3.16. The number of likely N-dealkylation sites (tertiary alicyclic amines) is 1. The first kappa shape index (κ1) is 25.3. The van der Waals surface area contributed by atoms with E-state index < -0.39 is 0 Å². The van der Waals surface area contributed by atoms with Gasteiger partial charge in [-0.3, -0.25) is 9.59 Å².